The maximum absolute atomic E-state index is 13.3. The van der Waals surface area contributed by atoms with E-state index in [0.29, 0.717) is 44.0 Å². The van der Waals surface area contributed by atoms with Crippen LogP contribution in [0.1, 0.15) is 17.2 Å². The largest absolute Gasteiger partial charge is 0.433 e. The van der Waals surface area contributed by atoms with Gasteiger partial charge < -0.3 is 9.42 Å². The van der Waals surface area contributed by atoms with Crippen molar-refractivity contribution >= 4 is 16.8 Å². The molecule has 10 heteroatoms. The number of piperazine rings is 1. The highest BCUT2D eigenvalue weighted by Gasteiger charge is 2.34. The predicted molar refractivity (Wildman–Crippen MR) is 93.2 cm³/mol. The van der Waals surface area contributed by atoms with Crippen LogP contribution in [-0.4, -0.2) is 46.2 Å². The van der Waals surface area contributed by atoms with E-state index >= 15 is 0 Å². The summed E-state index contributed by atoms with van der Waals surface area (Å²) in [5, 5.41) is 4.77. The average Bonchev–Trinajstić information content (AvgIpc) is 3.03. The number of hydrogen-bond acceptors (Lipinski definition) is 6. The number of rotatable bonds is 3. The average molecular weight is 395 g/mol. The Labute approximate surface area is 157 Å². The quantitative estimate of drug-likeness (QED) is 0.634. The van der Waals surface area contributed by atoms with Gasteiger partial charge in [0.05, 0.1) is 0 Å². The summed E-state index contributed by atoms with van der Waals surface area (Å²) >= 11 is 0. The molecule has 1 aliphatic heterocycles. The van der Waals surface area contributed by atoms with E-state index in [0.717, 1.165) is 11.5 Å². The Balaban J connectivity index is 1.44. The molecule has 0 spiro atoms. The van der Waals surface area contributed by atoms with Gasteiger partial charge in [-0.15, -0.1) is 0 Å². The fourth-order valence-electron chi connectivity index (χ4n) is 3.28. The van der Waals surface area contributed by atoms with Crippen LogP contribution in [0.4, 0.5) is 23.4 Å². The van der Waals surface area contributed by atoms with Crippen LogP contribution in [0.25, 0.3) is 11.0 Å². The summed E-state index contributed by atoms with van der Waals surface area (Å²) in [5.74, 6) is -0.0161. The van der Waals surface area contributed by atoms with Gasteiger partial charge in [0, 0.05) is 50.2 Å². The van der Waals surface area contributed by atoms with Gasteiger partial charge in [0.2, 0.25) is 0 Å². The first-order chi connectivity index (χ1) is 13.3. The van der Waals surface area contributed by atoms with E-state index in [1.807, 2.05) is 4.90 Å². The van der Waals surface area contributed by atoms with Crippen LogP contribution in [0, 0.1) is 12.7 Å². The summed E-state index contributed by atoms with van der Waals surface area (Å²) in [6.07, 6.45) is -4.50. The van der Waals surface area contributed by atoms with E-state index < -0.39 is 11.9 Å². The van der Waals surface area contributed by atoms with Crippen LogP contribution in [0.3, 0.4) is 0 Å². The van der Waals surface area contributed by atoms with E-state index in [2.05, 4.69) is 20.0 Å². The van der Waals surface area contributed by atoms with E-state index in [1.54, 1.807) is 6.07 Å². The number of alkyl halides is 3. The van der Waals surface area contributed by atoms with E-state index in [9.17, 15) is 17.6 Å². The van der Waals surface area contributed by atoms with E-state index in [1.165, 1.54) is 19.1 Å². The monoisotopic (exact) mass is 395 g/mol. The molecule has 0 bridgehead atoms. The third-order valence-electron chi connectivity index (χ3n) is 4.69. The second-order valence-corrected chi connectivity index (χ2v) is 6.69. The Morgan fingerprint density at radius 3 is 2.54 bits per heavy atom. The van der Waals surface area contributed by atoms with Crippen molar-refractivity contribution in [3.63, 3.8) is 0 Å². The highest BCUT2D eigenvalue weighted by Crippen LogP contribution is 2.30. The molecule has 0 atom stereocenters. The molecule has 1 aromatic carbocycles. The van der Waals surface area contributed by atoms with Crippen LogP contribution in [0.2, 0.25) is 0 Å². The number of benzene rings is 1. The Morgan fingerprint density at radius 1 is 1.07 bits per heavy atom. The molecule has 3 aromatic rings. The maximum Gasteiger partial charge on any atom is 0.433 e. The molecule has 2 aromatic heterocycles. The van der Waals surface area contributed by atoms with Crippen molar-refractivity contribution in [2.45, 2.75) is 19.6 Å². The SMILES string of the molecule is Cc1nc(N2CCN(Cc3noc4cc(F)ccc34)CC2)cc(C(F)(F)F)n1. The lowest BCUT2D eigenvalue weighted by Gasteiger charge is -2.35. The first kappa shape index (κ1) is 18.6. The number of halogens is 4. The zero-order valence-corrected chi connectivity index (χ0v) is 15.0. The summed E-state index contributed by atoms with van der Waals surface area (Å²) in [4.78, 5) is 11.6. The molecule has 1 aliphatic rings. The van der Waals surface area contributed by atoms with Crippen LogP contribution in [-0.2, 0) is 12.7 Å². The summed E-state index contributed by atoms with van der Waals surface area (Å²) in [5.41, 5.74) is 0.171. The number of hydrogen-bond donors (Lipinski definition) is 0. The Kier molecular flexibility index (Phi) is 4.66. The number of aryl methyl sites for hydroxylation is 1. The maximum atomic E-state index is 13.3. The first-order valence-corrected chi connectivity index (χ1v) is 8.73. The van der Waals surface area contributed by atoms with Crippen molar-refractivity contribution in [3.05, 3.63) is 47.3 Å². The van der Waals surface area contributed by atoms with Crippen molar-refractivity contribution in [3.8, 4) is 0 Å². The van der Waals surface area contributed by atoms with Crippen LogP contribution >= 0.6 is 0 Å². The van der Waals surface area contributed by atoms with Crippen LogP contribution < -0.4 is 4.90 Å². The van der Waals surface area contributed by atoms with Crippen molar-refractivity contribution in [1.82, 2.24) is 20.0 Å². The fourth-order valence-corrected chi connectivity index (χ4v) is 3.28. The molecule has 0 amide bonds. The minimum Gasteiger partial charge on any atom is -0.356 e. The molecule has 1 fully saturated rings. The normalized spacial score (nSPS) is 16.1. The molecule has 4 rings (SSSR count). The highest BCUT2D eigenvalue weighted by molar-refractivity contribution is 5.79. The number of aromatic nitrogens is 3. The molecule has 3 heterocycles. The van der Waals surface area contributed by atoms with Gasteiger partial charge in [0.25, 0.3) is 0 Å². The molecule has 0 unspecified atom stereocenters. The second-order valence-electron chi connectivity index (χ2n) is 6.69. The number of anilines is 1. The molecule has 0 N–H and O–H groups in total. The fraction of sp³-hybridized carbons (Fsp3) is 0.389. The van der Waals surface area contributed by atoms with Crippen molar-refractivity contribution in [2.75, 3.05) is 31.1 Å². The molecule has 28 heavy (non-hydrogen) atoms. The van der Waals surface area contributed by atoms with Gasteiger partial charge in [-0.2, -0.15) is 13.2 Å². The molecule has 0 saturated carbocycles. The van der Waals surface area contributed by atoms with Gasteiger partial charge in [0.15, 0.2) is 5.58 Å². The Bertz CT molecular complexity index is 995. The summed E-state index contributed by atoms with van der Waals surface area (Å²) in [6.45, 7) is 4.27. The van der Waals surface area contributed by atoms with E-state index in [-0.39, 0.29) is 17.5 Å². The molecule has 0 aliphatic carbocycles. The molecule has 148 valence electrons. The lowest BCUT2D eigenvalue weighted by Crippen LogP contribution is -2.46. The Hall–Kier alpha value is -2.75. The highest BCUT2D eigenvalue weighted by atomic mass is 19.4. The smallest absolute Gasteiger partial charge is 0.356 e. The molecular weight excluding hydrogens is 378 g/mol. The lowest BCUT2D eigenvalue weighted by atomic mass is 10.2. The van der Waals surface area contributed by atoms with E-state index in [4.69, 9.17) is 4.52 Å². The number of fused-ring (bicyclic) bond motifs is 1. The summed E-state index contributed by atoms with van der Waals surface area (Å²) < 4.78 is 57.4. The lowest BCUT2D eigenvalue weighted by molar-refractivity contribution is -0.141. The van der Waals surface area contributed by atoms with Crippen molar-refractivity contribution in [1.29, 1.82) is 0 Å². The molecule has 6 nitrogen and oxygen atoms in total. The standard InChI is InChI=1S/C18H17F4N5O/c1-11-23-16(18(20,21)22)9-17(24-11)27-6-4-26(5-7-27)10-14-13-3-2-12(19)8-15(13)28-25-14/h2-3,8-9H,4-7,10H2,1H3. The van der Waals surface area contributed by atoms with Gasteiger partial charge in [-0.05, 0) is 19.1 Å². The number of nitrogens with zero attached hydrogens (tertiary/aromatic N) is 5. The summed E-state index contributed by atoms with van der Waals surface area (Å²) in [6, 6.07) is 5.27. The van der Waals surface area contributed by atoms with Crippen LogP contribution in [0.15, 0.2) is 28.8 Å². The van der Waals surface area contributed by atoms with Crippen molar-refractivity contribution < 1.29 is 22.1 Å². The Morgan fingerprint density at radius 2 is 1.82 bits per heavy atom. The van der Waals surface area contributed by atoms with Crippen molar-refractivity contribution in [2.24, 2.45) is 0 Å². The van der Waals surface area contributed by atoms with Gasteiger partial charge in [-0.1, -0.05) is 5.16 Å². The minimum absolute atomic E-state index is 0.0913. The third kappa shape index (κ3) is 3.77. The topological polar surface area (TPSA) is 58.3 Å². The van der Waals surface area contributed by atoms with Gasteiger partial charge >= 0.3 is 6.18 Å². The predicted octanol–water partition coefficient (Wildman–Crippen LogP) is 3.41. The third-order valence-corrected chi connectivity index (χ3v) is 4.69. The molecular formula is C18H17F4N5O. The van der Waals surface area contributed by atoms with Gasteiger partial charge in [0.1, 0.15) is 28.8 Å². The molecule has 1 saturated heterocycles. The second kappa shape index (κ2) is 7.01. The minimum atomic E-state index is -4.50. The summed E-state index contributed by atoms with van der Waals surface area (Å²) in [7, 11) is 0. The first-order valence-electron chi connectivity index (χ1n) is 8.73. The zero-order chi connectivity index (χ0) is 19.9. The van der Waals surface area contributed by atoms with Crippen LogP contribution in [0.5, 0.6) is 0 Å². The molecule has 0 radical (unpaired) electrons. The van der Waals surface area contributed by atoms with Gasteiger partial charge in [-0.25, -0.2) is 14.4 Å². The zero-order valence-electron chi connectivity index (χ0n) is 15.0. The van der Waals surface area contributed by atoms with Gasteiger partial charge in [-0.3, -0.25) is 4.90 Å².